The van der Waals surface area contributed by atoms with Crippen LogP contribution in [0.1, 0.15) is 23.3 Å². The number of aromatic nitrogens is 1. The summed E-state index contributed by atoms with van der Waals surface area (Å²) in [4.78, 5) is 11.7. The van der Waals surface area contributed by atoms with Gasteiger partial charge >= 0.3 is 0 Å². The molecule has 1 saturated heterocycles. The van der Waals surface area contributed by atoms with Gasteiger partial charge in [-0.3, -0.25) is 4.79 Å². The second kappa shape index (κ2) is 5.94. The Morgan fingerprint density at radius 3 is 2.85 bits per heavy atom. The van der Waals surface area contributed by atoms with Crippen molar-refractivity contribution in [2.45, 2.75) is 23.8 Å². The fourth-order valence-corrected chi connectivity index (χ4v) is 3.61. The highest BCUT2D eigenvalue weighted by molar-refractivity contribution is 7.89. The van der Waals surface area contributed by atoms with E-state index in [2.05, 4.69) is 15.4 Å². The predicted octanol–water partition coefficient (Wildman–Crippen LogP) is -0.585. The van der Waals surface area contributed by atoms with E-state index in [4.69, 9.17) is 0 Å². The van der Waals surface area contributed by atoms with Crippen LogP contribution < -0.4 is 15.4 Å². The summed E-state index contributed by atoms with van der Waals surface area (Å²) in [7, 11) is -0.440. The number of nitrogens with zero attached hydrogens (tertiary/aromatic N) is 1. The van der Waals surface area contributed by atoms with Gasteiger partial charge in [-0.25, -0.2) is 13.1 Å². The van der Waals surface area contributed by atoms with Crippen LogP contribution in [0, 0.1) is 0 Å². The van der Waals surface area contributed by atoms with Crippen LogP contribution in [-0.2, 0) is 17.1 Å². The number of nitrogens with one attached hydrogen (secondary N) is 3. The van der Waals surface area contributed by atoms with Gasteiger partial charge in [0.2, 0.25) is 10.0 Å². The first-order chi connectivity index (χ1) is 9.44. The van der Waals surface area contributed by atoms with Crippen molar-refractivity contribution in [2.24, 2.45) is 7.05 Å². The number of carbonyl (C=O) groups is 1. The van der Waals surface area contributed by atoms with Crippen molar-refractivity contribution in [2.75, 3.05) is 20.1 Å². The van der Waals surface area contributed by atoms with E-state index in [1.807, 2.05) is 0 Å². The van der Waals surface area contributed by atoms with Gasteiger partial charge in [0.1, 0.15) is 10.6 Å². The predicted molar refractivity (Wildman–Crippen MR) is 75.0 cm³/mol. The molecule has 7 nitrogen and oxygen atoms in total. The summed E-state index contributed by atoms with van der Waals surface area (Å²) in [6.45, 7) is 1.55. The molecular formula is C12H20N4O3S. The van der Waals surface area contributed by atoms with Crippen molar-refractivity contribution in [3.8, 4) is 0 Å². The first-order valence-corrected chi connectivity index (χ1v) is 8.04. The molecule has 1 aromatic heterocycles. The minimum absolute atomic E-state index is 0.0996. The minimum Gasteiger partial charge on any atom is -0.354 e. The molecule has 2 heterocycles. The molecule has 8 heteroatoms. The third kappa shape index (κ3) is 3.20. The fraction of sp³-hybridized carbons (Fsp3) is 0.583. The first-order valence-electron chi connectivity index (χ1n) is 6.55. The highest BCUT2D eigenvalue weighted by Gasteiger charge is 2.24. The van der Waals surface area contributed by atoms with Crippen molar-refractivity contribution in [1.29, 1.82) is 0 Å². The third-order valence-electron chi connectivity index (χ3n) is 3.37. The van der Waals surface area contributed by atoms with Gasteiger partial charge in [0.15, 0.2) is 0 Å². The maximum Gasteiger partial charge on any atom is 0.267 e. The third-order valence-corrected chi connectivity index (χ3v) is 4.86. The van der Waals surface area contributed by atoms with Crippen molar-refractivity contribution in [1.82, 2.24) is 19.9 Å². The highest BCUT2D eigenvalue weighted by Crippen LogP contribution is 2.15. The normalized spacial score (nSPS) is 19.8. The summed E-state index contributed by atoms with van der Waals surface area (Å²) in [5.41, 5.74) is 0.314. The minimum atomic E-state index is -3.59. The van der Waals surface area contributed by atoms with Crippen molar-refractivity contribution >= 4 is 15.9 Å². The molecule has 0 bridgehead atoms. The molecule has 112 valence electrons. The van der Waals surface area contributed by atoms with Crippen LogP contribution in [-0.4, -0.2) is 45.1 Å². The molecule has 0 saturated carbocycles. The number of hydrogen-bond donors (Lipinski definition) is 3. The molecule has 0 spiro atoms. The molecule has 1 fully saturated rings. The van der Waals surface area contributed by atoms with Gasteiger partial charge in [-0.15, -0.1) is 0 Å². The zero-order chi connectivity index (χ0) is 14.8. The molecule has 0 unspecified atom stereocenters. The Bertz CT molecular complexity index is 588. The number of rotatable bonds is 4. The summed E-state index contributed by atoms with van der Waals surface area (Å²) >= 11 is 0. The number of amides is 1. The van der Waals surface area contributed by atoms with Crippen molar-refractivity contribution < 1.29 is 13.2 Å². The van der Waals surface area contributed by atoms with Gasteiger partial charge in [-0.05, 0) is 25.5 Å². The van der Waals surface area contributed by atoms with Crippen LogP contribution in [0.5, 0.6) is 0 Å². The number of carbonyl (C=O) groups excluding carboxylic acids is 1. The van der Waals surface area contributed by atoms with Gasteiger partial charge < -0.3 is 15.2 Å². The standard InChI is InChI=1S/C12H20N4O3S/c1-13-12(17)11-6-10(8-16(11)2)20(18,19)15-9-4-3-5-14-7-9/h6,8-9,14-15H,3-5,7H2,1-2H3,(H,13,17)/t9-/m0/s1. The van der Waals surface area contributed by atoms with Gasteiger partial charge in [-0.2, -0.15) is 0 Å². The summed E-state index contributed by atoms with van der Waals surface area (Å²) < 4.78 is 28.8. The molecule has 2 rings (SSSR count). The molecule has 1 aliphatic heterocycles. The lowest BCUT2D eigenvalue weighted by Crippen LogP contribution is -2.45. The van der Waals surface area contributed by atoms with Crippen LogP contribution >= 0.6 is 0 Å². The monoisotopic (exact) mass is 300 g/mol. The van der Waals surface area contributed by atoms with Crippen molar-refractivity contribution in [3.63, 3.8) is 0 Å². The second-order valence-electron chi connectivity index (χ2n) is 4.92. The molecule has 0 aromatic carbocycles. The molecule has 1 amide bonds. The Morgan fingerprint density at radius 1 is 1.50 bits per heavy atom. The molecule has 0 aliphatic carbocycles. The average Bonchev–Trinajstić information content (AvgIpc) is 2.81. The van der Waals surface area contributed by atoms with Gasteiger partial charge in [0, 0.05) is 32.9 Å². The number of sulfonamides is 1. The summed E-state index contributed by atoms with van der Waals surface area (Å²) in [6.07, 6.45) is 3.22. The smallest absolute Gasteiger partial charge is 0.267 e. The van der Waals surface area contributed by atoms with E-state index in [1.165, 1.54) is 23.9 Å². The van der Waals surface area contributed by atoms with Gasteiger partial charge in [-0.1, -0.05) is 0 Å². The Kier molecular flexibility index (Phi) is 4.46. The van der Waals surface area contributed by atoms with E-state index < -0.39 is 10.0 Å². The van der Waals surface area contributed by atoms with Crippen LogP contribution in [0.25, 0.3) is 0 Å². The molecule has 3 N–H and O–H groups in total. The zero-order valence-corrected chi connectivity index (χ0v) is 12.5. The van der Waals surface area contributed by atoms with E-state index in [-0.39, 0.29) is 16.8 Å². The Labute approximate surface area is 118 Å². The lowest BCUT2D eigenvalue weighted by Gasteiger charge is -2.23. The van der Waals surface area contributed by atoms with Crippen molar-refractivity contribution in [3.05, 3.63) is 18.0 Å². The fourth-order valence-electron chi connectivity index (χ4n) is 2.27. The topological polar surface area (TPSA) is 92.2 Å². The number of aryl methyl sites for hydroxylation is 1. The first kappa shape index (κ1) is 15.0. The number of hydrogen-bond acceptors (Lipinski definition) is 4. The maximum absolute atomic E-state index is 12.3. The van der Waals surface area contributed by atoms with Gasteiger partial charge in [0.05, 0.1) is 0 Å². The molecule has 0 radical (unpaired) electrons. The van der Waals surface area contributed by atoms with E-state index in [9.17, 15) is 13.2 Å². The second-order valence-corrected chi connectivity index (χ2v) is 6.63. The highest BCUT2D eigenvalue weighted by atomic mass is 32.2. The summed E-state index contributed by atoms with van der Waals surface area (Å²) in [5, 5.41) is 5.64. The molecule has 1 aromatic rings. The quantitative estimate of drug-likeness (QED) is 0.693. The molecule has 1 aliphatic rings. The van der Waals surface area contributed by atoms with E-state index >= 15 is 0 Å². The van der Waals surface area contributed by atoms with Crippen LogP contribution in [0.2, 0.25) is 0 Å². The summed E-state index contributed by atoms with van der Waals surface area (Å²) in [6, 6.07) is 1.29. The molecule has 1 atom stereocenters. The SMILES string of the molecule is CNC(=O)c1cc(S(=O)(=O)N[C@H]2CCCNC2)cn1C. The van der Waals surface area contributed by atoms with E-state index in [0.717, 1.165) is 19.4 Å². The summed E-state index contributed by atoms with van der Waals surface area (Å²) in [5.74, 6) is -0.312. The maximum atomic E-state index is 12.3. The largest absolute Gasteiger partial charge is 0.354 e. The number of piperidine rings is 1. The molecule has 20 heavy (non-hydrogen) atoms. The van der Waals surface area contributed by atoms with Gasteiger partial charge in [0.25, 0.3) is 5.91 Å². The molecular weight excluding hydrogens is 280 g/mol. The van der Waals surface area contributed by atoms with Crippen LogP contribution in [0.3, 0.4) is 0 Å². The lowest BCUT2D eigenvalue weighted by atomic mass is 10.1. The average molecular weight is 300 g/mol. The van der Waals surface area contributed by atoms with E-state index in [0.29, 0.717) is 12.2 Å². The van der Waals surface area contributed by atoms with Crippen LogP contribution in [0.15, 0.2) is 17.2 Å². The zero-order valence-electron chi connectivity index (χ0n) is 11.6. The Balaban J connectivity index is 2.19. The van der Waals surface area contributed by atoms with Crippen LogP contribution in [0.4, 0.5) is 0 Å². The Hall–Kier alpha value is -1.38. The lowest BCUT2D eigenvalue weighted by molar-refractivity contribution is 0.0955. The Morgan fingerprint density at radius 2 is 2.25 bits per heavy atom. The van der Waals surface area contributed by atoms with E-state index in [1.54, 1.807) is 7.05 Å².